The fourth-order valence-corrected chi connectivity index (χ4v) is 20.7. The number of hydrogen-bond donors (Lipinski definition) is 2. The predicted molar refractivity (Wildman–Crippen MR) is 395 cm³/mol. The molecule has 5 aromatic rings. The quantitative estimate of drug-likeness (QED) is 0.0747. The van der Waals surface area contributed by atoms with E-state index in [4.69, 9.17) is 25.4 Å². The number of hydrogen-bond acceptors (Lipinski definition) is 22. The summed E-state index contributed by atoms with van der Waals surface area (Å²) in [5.74, 6) is 2.36. The van der Waals surface area contributed by atoms with Gasteiger partial charge in [0.1, 0.15) is 23.2 Å². The van der Waals surface area contributed by atoms with Gasteiger partial charge in [-0.05, 0) is 126 Å². The number of nitrogens with one attached hydrogen (secondary N) is 1. The highest BCUT2D eigenvalue weighted by molar-refractivity contribution is 7.98. The smallest absolute Gasteiger partial charge is 0.306 e. The molecule has 3 N–H and O–H groups in total. The Bertz CT molecular complexity index is 4320. The van der Waals surface area contributed by atoms with E-state index >= 15 is 0 Å². The first-order chi connectivity index (χ1) is 48.8. The Labute approximate surface area is 603 Å². The van der Waals surface area contributed by atoms with Gasteiger partial charge in [-0.25, -0.2) is 53.3 Å². The van der Waals surface area contributed by atoms with Crippen LogP contribution in [0.1, 0.15) is 225 Å². The third-order valence-electron chi connectivity index (χ3n) is 23.9. The molecule has 0 amide bonds. The van der Waals surface area contributed by atoms with Gasteiger partial charge in [-0.1, -0.05) is 117 Å². The summed E-state index contributed by atoms with van der Waals surface area (Å²) in [5.41, 5.74) is 25.5. The number of carbonyl (C=O) groups excluding carboxylic acids is 4. The fraction of sp³-hybridized carbons (Fsp3) is 0.577. The molecule has 0 aromatic carbocycles. The minimum atomic E-state index is -3.43. The van der Waals surface area contributed by atoms with Crippen molar-refractivity contribution >= 4 is 96.4 Å². The summed E-state index contributed by atoms with van der Waals surface area (Å²) in [5, 5.41) is 4.82. The van der Waals surface area contributed by atoms with Gasteiger partial charge in [0.05, 0.1) is 47.7 Å². The number of rotatable bonds is 10. The summed E-state index contributed by atoms with van der Waals surface area (Å²) >= 11 is 3.13. The van der Waals surface area contributed by atoms with Gasteiger partial charge in [0.2, 0.25) is 20.9 Å². The molecule has 11 aliphatic carbocycles. The van der Waals surface area contributed by atoms with Gasteiger partial charge in [-0.2, -0.15) is 0 Å². The first-order valence-corrected chi connectivity index (χ1v) is 41.4. The third kappa shape index (κ3) is 14.5. The van der Waals surface area contributed by atoms with Gasteiger partial charge in [0.15, 0.2) is 10.3 Å². The number of allylic oxidation sites excluding steroid dienone is 8. The number of esters is 1. The number of Topliss-reactive ketones (excluding diaryl/α,β-unsaturated/α-hetero) is 3. The Morgan fingerprint density at radius 3 is 1.43 bits per heavy atom. The highest BCUT2D eigenvalue weighted by Gasteiger charge is 2.50. The number of thioether (sulfide) groups is 2. The maximum absolute atomic E-state index is 12.6. The zero-order chi connectivity index (χ0) is 70.3. The molecule has 23 heteroatoms. The van der Waals surface area contributed by atoms with Crippen LogP contribution in [0.25, 0.3) is 22.3 Å². The molecule has 17 rings (SSSR count). The number of ether oxygens (including phenoxy) is 1. The summed E-state index contributed by atoms with van der Waals surface area (Å²) < 4.78 is 28.9. The highest BCUT2D eigenvalue weighted by atomic mass is 32.2. The maximum Gasteiger partial charge on any atom is 0.306 e. The second kappa shape index (κ2) is 29.6. The van der Waals surface area contributed by atoms with Crippen molar-refractivity contribution in [3.05, 3.63) is 111 Å². The van der Waals surface area contributed by atoms with Crippen molar-refractivity contribution in [3.63, 3.8) is 0 Å². The second-order valence-electron chi connectivity index (χ2n) is 30.7. The summed E-state index contributed by atoms with van der Waals surface area (Å²) in [4.78, 5) is 95.2. The second-order valence-corrected chi connectivity index (χ2v) is 34.2. The van der Waals surface area contributed by atoms with Crippen molar-refractivity contribution in [3.8, 4) is 0 Å². The molecule has 0 radical (unpaired) electrons. The Morgan fingerprint density at radius 2 is 0.970 bits per heavy atom. The summed E-state index contributed by atoms with van der Waals surface area (Å²) in [6, 6.07) is 4.13. The average molecular weight is 1420 g/mol. The molecular formula is C78H97N13O7S3. The minimum absolute atomic E-state index is 0.00218. The molecule has 0 unspecified atom stereocenters. The number of piperazine rings is 1. The van der Waals surface area contributed by atoms with Crippen LogP contribution in [0, 0.1) is 21.7 Å². The number of aromatic nitrogens is 9. The van der Waals surface area contributed by atoms with E-state index in [0.29, 0.717) is 81.3 Å². The molecule has 4 saturated carbocycles. The molecule has 20 nitrogen and oxygen atoms in total. The van der Waals surface area contributed by atoms with E-state index in [0.717, 1.165) is 196 Å². The highest BCUT2D eigenvalue weighted by Crippen LogP contribution is 2.60. The molecular weight excluding hydrogens is 1330 g/mol. The first-order valence-electron chi connectivity index (χ1n) is 37.1. The molecule has 3 spiro atoms. The van der Waals surface area contributed by atoms with Gasteiger partial charge in [0.25, 0.3) is 0 Å². The topological polar surface area (TPSA) is 272 Å². The van der Waals surface area contributed by atoms with Gasteiger partial charge in [0, 0.05) is 157 Å². The minimum Gasteiger partial charge on any atom is -0.466 e. The number of sulfone groups is 1. The van der Waals surface area contributed by atoms with Gasteiger partial charge in [-0.15, -0.1) is 0 Å². The SMILES string of the molecule is CCOC(=O)CC1(C2=C(N)Cc3cnc(SC)nc32)CCCCC1.CN1CCN(c2ccc(Nc3ncc4c(n3)C3=C(CC(=O)CC35CCCCC5)C4)nc2)CC1.CS(=O)(=O)c1ncc2c(n1)C1=C(CC(=O)CC13CCCCC3)C2.CSc1ncc2c(n1)C1=C(CC(=O)CC13CCCCC3)C2. The number of fused-ring (bicyclic) bond motifs is 10. The van der Waals surface area contributed by atoms with Crippen LogP contribution < -0.4 is 16.0 Å². The average Bonchev–Trinajstić information content (AvgIpc) is 1.64. The standard InChI is InChI=1S/C26H32N6O.C18H25N3O2S.C17H20N2O3S.C17H20N2OS/c1-31-9-11-32(12-10-31)20-5-6-22(27-17-20)29-25-28-16-19-13-18-14-21(33)15-26(7-3-2-4-8-26)23(18)24(19)30-25;1-3-23-14(22)10-18(7-5-4-6-8-18)15-13(19)9-12-11-20-17(24-2)21-16(12)15;1-23(21,22)16-18-10-12-7-11-8-13(20)9-17(5-3-2-4-6-17)14(11)15(12)19-16;1-21-16-18-10-12-7-11-8-13(20)9-17(5-3-2-4-6-17)14(11)15(12)19-16/h5-6,16-17H,2-4,7-15H2,1H3,(H,27,28,29,30);11H,3-10,19H2,1-2H3;10H,2-9H2,1H3;10H,2-9H2,1H3. The van der Waals surface area contributed by atoms with Gasteiger partial charge < -0.3 is 25.6 Å². The lowest BCUT2D eigenvalue weighted by Gasteiger charge is -2.41. The van der Waals surface area contributed by atoms with Crippen molar-refractivity contribution < 1.29 is 32.3 Å². The number of carbonyl (C=O) groups is 4. The van der Waals surface area contributed by atoms with E-state index in [1.165, 1.54) is 108 Å². The third-order valence-corrected chi connectivity index (χ3v) is 25.8. The lowest BCUT2D eigenvalue weighted by Crippen LogP contribution is -2.44. The van der Waals surface area contributed by atoms with E-state index in [-0.39, 0.29) is 32.8 Å². The predicted octanol–water partition coefficient (Wildman–Crippen LogP) is 13.6. The van der Waals surface area contributed by atoms with Crippen LogP contribution in [0.15, 0.2) is 81.0 Å². The van der Waals surface area contributed by atoms with Crippen LogP contribution >= 0.6 is 23.5 Å². The Kier molecular flexibility index (Phi) is 20.8. The van der Waals surface area contributed by atoms with E-state index < -0.39 is 9.84 Å². The Balaban J connectivity index is 0.000000116. The van der Waals surface area contributed by atoms with Crippen molar-refractivity contribution in [1.82, 2.24) is 49.8 Å². The van der Waals surface area contributed by atoms with Crippen molar-refractivity contribution in [2.45, 2.75) is 221 Å². The molecule has 12 aliphatic rings. The molecule has 5 fully saturated rings. The number of anilines is 3. The molecule has 1 aliphatic heterocycles. The zero-order valence-corrected chi connectivity index (χ0v) is 62.0. The molecule has 101 heavy (non-hydrogen) atoms. The summed E-state index contributed by atoms with van der Waals surface area (Å²) in [6.45, 7) is 6.48. The molecule has 6 heterocycles. The number of nitrogens with zero attached hydrogens (tertiary/aromatic N) is 11. The number of ketones is 3. The molecule has 5 aromatic heterocycles. The Morgan fingerprint density at radius 1 is 0.535 bits per heavy atom. The van der Waals surface area contributed by atoms with Crippen LogP contribution in [-0.4, -0.2) is 140 Å². The largest absolute Gasteiger partial charge is 0.466 e. The number of pyridine rings is 1. The molecule has 0 bridgehead atoms. The van der Waals surface area contributed by atoms with Crippen molar-refractivity contribution in [2.24, 2.45) is 27.4 Å². The van der Waals surface area contributed by atoms with E-state index in [1.54, 1.807) is 18.0 Å². The lowest BCUT2D eigenvalue weighted by molar-refractivity contribution is -0.145. The molecule has 1 saturated heterocycles. The zero-order valence-electron chi connectivity index (χ0n) is 59.6. The van der Waals surface area contributed by atoms with Gasteiger partial charge >= 0.3 is 5.97 Å². The van der Waals surface area contributed by atoms with Crippen molar-refractivity contribution in [1.29, 1.82) is 0 Å². The number of likely N-dealkylation sites (N-methyl/N-ethyl adjacent to an activating group) is 1. The molecule has 0 atom stereocenters. The summed E-state index contributed by atoms with van der Waals surface area (Å²) in [7, 11) is -1.26. The lowest BCUT2D eigenvalue weighted by atomic mass is 9.62. The van der Waals surface area contributed by atoms with Crippen molar-refractivity contribution in [2.75, 3.05) is 68.8 Å². The Hall–Kier alpha value is -7.08. The van der Waals surface area contributed by atoms with E-state index in [1.807, 2.05) is 50.3 Å². The number of nitrogens with two attached hydrogens (primary N) is 1. The normalized spacial score (nSPS) is 22.0. The van der Waals surface area contributed by atoms with Gasteiger partial charge in [-0.3, -0.25) is 19.2 Å². The van der Waals surface area contributed by atoms with Crippen LogP contribution in [0.3, 0.4) is 0 Å². The fourth-order valence-electron chi connectivity index (χ4n) is 19.5. The van der Waals surface area contributed by atoms with Crippen LogP contribution in [-0.2, 0) is 59.4 Å². The first kappa shape index (κ1) is 70.9. The van der Waals surface area contributed by atoms with E-state index in [2.05, 4.69) is 58.1 Å². The van der Waals surface area contributed by atoms with Crippen LogP contribution in [0.5, 0.6) is 0 Å². The monoisotopic (exact) mass is 1420 g/mol. The van der Waals surface area contributed by atoms with E-state index in [9.17, 15) is 27.6 Å². The maximum atomic E-state index is 12.6. The molecule has 534 valence electrons. The van der Waals surface area contributed by atoms with Crippen LogP contribution in [0.2, 0.25) is 0 Å². The summed E-state index contributed by atoms with van der Waals surface area (Å²) in [6.07, 6.45) is 44.7. The van der Waals surface area contributed by atoms with Crippen LogP contribution in [0.4, 0.5) is 17.5 Å².